The number of aliphatic hydroxyl groups is 1. The molecule has 15 nitrogen and oxygen atoms in total. The number of para-hydroxylation sites is 1. The number of piperazine rings is 1. The van der Waals surface area contributed by atoms with E-state index in [-0.39, 0.29) is 18.8 Å². The number of hydrogen-bond donors (Lipinski definition) is 1. The summed E-state index contributed by atoms with van der Waals surface area (Å²) in [5.41, 5.74) is -2.82. The van der Waals surface area contributed by atoms with E-state index in [1.165, 1.54) is 12.1 Å². The van der Waals surface area contributed by atoms with Crippen LogP contribution in [0.25, 0.3) is 16.8 Å². The lowest BCUT2D eigenvalue weighted by Gasteiger charge is -2.39. The molecule has 72 heavy (non-hydrogen) atoms. The van der Waals surface area contributed by atoms with Gasteiger partial charge in [-0.3, -0.25) is 18.6 Å². The van der Waals surface area contributed by atoms with Crippen LogP contribution in [0.2, 0.25) is 0 Å². The Morgan fingerprint density at radius 3 is 1.93 bits per heavy atom. The van der Waals surface area contributed by atoms with E-state index in [1.807, 2.05) is 4.90 Å². The predicted molar refractivity (Wildman–Crippen MR) is 247 cm³/mol. The zero-order chi connectivity index (χ0) is 50.5. The molecule has 8 aromatic rings. The normalized spacial score (nSPS) is 14.8. The fourth-order valence-electron chi connectivity index (χ4n) is 8.22. The van der Waals surface area contributed by atoms with Gasteiger partial charge >= 0.3 is 19.9 Å². The number of benzene rings is 5. The van der Waals surface area contributed by atoms with Crippen molar-refractivity contribution in [1.82, 2.24) is 40.2 Å². The number of halogens is 7. The van der Waals surface area contributed by atoms with Crippen molar-refractivity contribution in [3.63, 3.8) is 0 Å². The molecule has 0 saturated carbocycles. The first-order chi connectivity index (χ1) is 34.6. The van der Waals surface area contributed by atoms with Gasteiger partial charge in [-0.2, -0.15) is 22.0 Å². The number of pyridine rings is 1. The second-order valence-electron chi connectivity index (χ2n) is 16.6. The average Bonchev–Trinajstić information content (AvgIpc) is 4.10. The third-order valence-electron chi connectivity index (χ3n) is 11.9. The molecular formula is C49H42F7N10O5P. The van der Waals surface area contributed by atoms with Gasteiger partial charge in [-0.05, 0) is 70.1 Å². The summed E-state index contributed by atoms with van der Waals surface area (Å²) < 4.78 is 140. The fraction of sp³-hybridized carbons (Fsp3) is 0.224. The van der Waals surface area contributed by atoms with Crippen LogP contribution in [0.3, 0.4) is 0 Å². The lowest BCUT2D eigenvalue weighted by molar-refractivity contribution is -0.207. The first-order valence-corrected chi connectivity index (χ1v) is 23.6. The average molecular weight is 1010 g/mol. The number of phosphoric acid groups is 1. The lowest BCUT2D eigenvalue weighted by Crippen LogP contribution is -2.48. The van der Waals surface area contributed by atoms with E-state index in [0.717, 1.165) is 45.9 Å². The molecule has 9 rings (SSSR count). The topological polar surface area (TPSA) is 159 Å². The summed E-state index contributed by atoms with van der Waals surface area (Å²) >= 11 is 0. The highest BCUT2D eigenvalue weighted by atomic mass is 31.2. The zero-order valence-corrected chi connectivity index (χ0v) is 38.6. The Hall–Kier alpha value is -7.36. The van der Waals surface area contributed by atoms with Crippen molar-refractivity contribution in [2.45, 2.75) is 43.6 Å². The van der Waals surface area contributed by atoms with Crippen LogP contribution in [0.4, 0.5) is 42.1 Å². The Bertz CT molecular complexity index is 3080. The largest absolute Gasteiger partial charge is 0.476 e. The first kappa shape index (κ1) is 49.6. The Morgan fingerprint density at radius 1 is 0.694 bits per heavy atom. The summed E-state index contributed by atoms with van der Waals surface area (Å²) in [6.45, 7) is -0.0241. The number of tetrazole rings is 1. The Kier molecular flexibility index (Phi) is 14.3. The molecule has 4 heterocycles. The molecule has 0 radical (unpaired) electrons. The maximum absolute atomic E-state index is 17.2. The summed E-state index contributed by atoms with van der Waals surface area (Å²) in [6.07, 6.45) is -4.85. The molecule has 1 unspecified atom stereocenters. The van der Waals surface area contributed by atoms with E-state index >= 15 is 13.2 Å². The van der Waals surface area contributed by atoms with Gasteiger partial charge in [-0.15, -0.1) is 10.2 Å². The van der Waals surface area contributed by atoms with Crippen LogP contribution in [-0.2, 0) is 49.4 Å². The van der Waals surface area contributed by atoms with Gasteiger partial charge in [0, 0.05) is 66.5 Å². The molecule has 1 N–H and O–H groups in total. The van der Waals surface area contributed by atoms with Crippen molar-refractivity contribution in [2.24, 2.45) is 0 Å². The van der Waals surface area contributed by atoms with Crippen molar-refractivity contribution in [3.05, 3.63) is 198 Å². The smallest absolute Gasteiger partial charge is 0.377 e. The number of aromatic nitrogens is 8. The molecule has 0 bridgehead atoms. The Balaban J connectivity index is 0.905. The van der Waals surface area contributed by atoms with Crippen LogP contribution in [0.5, 0.6) is 0 Å². The summed E-state index contributed by atoms with van der Waals surface area (Å²) in [5, 5.41) is 30.1. The highest BCUT2D eigenvalue weighted by Gasteiger charge is 2.59. The minimum absolute atomic E-state index is 0.0556. The molecule has 0 spiro atoms. The second kappa shape index (κ2) is 20.8. The number of rotatable bonds is 18. The van der Waals surface area contributed by atoms with Gasteiger partial charge in [-0.1, -0.05) is 90.1 Å². The van der Waals surface area contributed by atoms with Gasteiger partial charge in [-0.25, -0.2) is 22.7 Å². The minimum atomic E-state index is -5.12. The van der Waals surface area contributed by atoms with E-state index in [0.29, 0.717) is 60.3 Å². The van der Waals surface area contributed by atoms with Crippen molar-refractivity contribution >= 4 is 19.2 Å². The molecular weight excluding hydrogens is 973 g/mol. The fourth-order valence-corrected chi connectivity index (χ4v) is 9.52. The van der Waals surface area contributed by atoms with Gasteiger partial charge < -0.3 is 14.9 Å². The van der Waals surface area contributed by atoms with Crippen molar-refractivity contribution < 1.29 is 54.0 Å². The third kappa shape index (κ3) is 10.8. The van der Waals surface area contributed by atoms with Crippen LogP contribution in [-0.4, -0.2) is 77.6 Å². The summed E-state index contributed by atoms with van der Waals surface area (Å²) in [6, 6.07) is 35.2. The van der Waals surface area contributed by atoms with E-state index < -0.39 is 66.8 Å². The monoisotopic (exact) mass is 1010 g/mol. The number of alkyl halides is 5. The molecule has 1 fully saturated rings. The van der Waals surface area contributed by atoms with Gasteiger partial charge in [0.2, 0.25) is 6.10 Å². The molecule has 372 valence electrons. The highest BCUT2D eigenvalue weighted by molar-refractivity contribution is 7.48. The van der Waals surface area contributed by atoms with Crippen LogP contribution >= 0.6 is 7.82 Å². The van der Waals surface area contributed by atoms with Crippen LogP contribution < -0.4 is 9.80 Å². The Labute approximate surface area is 406 Å². The van der Waals surface area contributed by atoms with Crippen molar-refractivity contribution in [2.75, 3.05) is 36.0 Å². The second-order valence-corrected chi connectivity index (χ2v) is 18.2. The van der Waals surface area contributed by atoms with Crippen molar-refractivity contribution in [1.29, 1.82) is 0 Å². The van der Waals surface area contributed by atoms with Gasteiger partial charge in [0.15, 0.2) is 5.60 Å². The van der Waals surface area contributed by atoms with Crippen LogP contribution in [0, 0.1) is 11.6 Å². The molecule has 3 aromatic heterocycles. The van der Waals surface area contributed by atoms with Crippen LogP contribution in [0.15, 0.2) is 158 Å². The number of phosphoric ester groups is 1. The zero-order valence-electron chi connectivity index (χ0n) is 37.7. The Morgan fingerprint density at radius 2 is 1.31 bits per heavy atom. The summed E-state index contributed by atoms with van der Waals surface area (Å²) in [4.78, 5) is 8.10. The minimum Gasteiger partial charge on any atom is -0.377 e. The highest BCUT2D eigenvalue weighted by Crippen LogP contribution is 2.57. The summed E-state index contributed by atoms with van der Waals surface area (Å²) in [7, 11) is -4.91. The molecule has 23 heteroatoms. The van der Waals surface area contributed by atoms with Crippen LogP contribution in [0.1, 0.15) is 34.2 Å². The third-order valence-corrected chi connectivity index (χ3v) is 13.2. The van der Waals surface area contributed by atoms with E-state index in [2.05, 4.69) is 35.7 Å². The van der Waals surface area contributed by atoms with E-state index in [4.69, 9.17) is 13.6 Å². The number of nitrogens with zero attached hydrogens (tertiary/aromatic N) is 10. The molecule has 1 saturated heterocycles. The standard InChI is InChI=1S/C49H42F7N10O5P/c50-36-17-22-41(42(51)28-36)47(67,32-65-33-58-60-62-65)48(52,53)45-40(15-9-23-57-45)39-14-7-8-16-44(39)64-26-24-63(25-27-64)37-18-20-38(21-19-37)66-29-43(59-61-66)46(49(54,55)56)71-72(68,69-30-34-10-3-1-4-11-34)70-31-35-12-5-2-6-13-35/h1-23,28-29,33,46,67H,24-27,30-32H2/t46?,47-/m0/s1. The molecule has 5 aromatic carbocycles. The molecule has 0 aliphatic carbocycles. The SMILES string of the molecule is O=P(OCc1ccccc1)(OCc1ccccc1)OC(c1cn(-c2ccc(N3CCN(c4ccccc4-c4cccnc4C(F)(F)[C@](O)(Cn4cnnn4)c4ccc(F)cc4F)CC3)cc2)nn1)C(F)(F)F. The number of hydrogen-bond acceptors (Lipinski definition) is 13. The first-order valence-electron chi connectivity index (χ1n) is 22.2. The molecule has 1 aliphatic rings. The number of anilines is 2. The van der Waals surface area contributed by atoms with E-state index in [9.17, 15) is 27.2 Å². The molecule has 2 atom stereocenters. The van der Waals surface area contributed by atoms with Gasteiger partial charge in [0.1, 0.15) is 29.3 Å². The quantitative estimate of drug-likeness (QED) is 0.0640. The predicted octanol–water partition coefficient (Wildman–Crippen LogP) is 9.76. The maximum atomic E-state index is 17.2. The van der Waals surface area contributed by atoms with Crippen molar-refractivity contribution in [3.8, 4) is 16.8 Å². The van der Waals surface area contributed by atoms with E-state index in [1.54, 1.807) is 109 Å². The van der Waals surface area contributed by atoms with Gasteiger partial charge in [0.05, 0.1) is 31.6 Å². The summed E-state index contributed by atoms with van der Waals surface area (Å²) in [5.74, 6) is -6.78. The van der Waals surface area contributed by atoms with Gasteiger partial charge in [0.25, 0.3) is 0 Å². The lowest BCUT2D eigenvalue weighted by atomic mass is 9.82. The molecule has 1 aliphatic heterocycles. The molecule has 0 amide bonds. The maximum Gasteiger partial charge on any atom is 0.476 e.